The minimum Gasteiger partial charge on any atom is -0.497 e. The van der Waals surface area contributed by atoms with Crippen LogP contribution < -0.4 is 4.74 Å². The molecule has 0 unspecified atom stereocenters. The van der Waals surface area contributed by atoms with Gasteiger partial charge in [-0.05, 0) is 18.1 Å². The smallest absolute Gasteiger partial charge is 0.135 e. The van der Waals surface area contributed by atoms with Crippen molar-refractivity contribution in [2.24, 2.45) is 5.92 Å². The molecule has 0 aliphatic carbocycles. The van der Waals surface area contributed by atoms with Crippen LogP contribution in [0, 0.1) is 11.7 Å². The summed E-state index contributed by atoms with van der Waals surface area (Å²) in [5.41, 5.74) is 0.565. The van der Waals surface area contributed by atoms with Crippen molar-refractivity contribution in [3.63, 3.8) is 0 Å². The highest BCUT2D eigenvalue weighted by Crippen LogP contribution is 2.18. The van der Waals surface area contributed by atoms with E-state index in [1.54, 1.807) is 12.1 Å². The summed E-state index contributed by atoms with van der Waals surface area (Å²) in [5.74, 6) is 0.365. The number of hydrogen-bond acceptors (Lipinski definition) is 2. The maximum absolute atomic E-state index is 13.5. The molecule has 0 N–H and O–H groups in total. The molecule has 0 heterocycles. The van der Waals surface area contributed by atoms with Crippen molar-refractivity contribution in [2.45, 2.75) is 26.7 Å². The lowest BCUT2D eigenvalue weighted by Gasteiger charge is -2.06. The molecule has 1 rings (SSSR count). The molecule has 1 aromatic rings. The van der Waals surface area contributed by atoms with Crippen molar-refractivity contribution in [2.75, 3.05) is 7.11 Å². The fourth-order valence-corrected chi connectivity index (χ4v) is 1.40. The Hall–Kier alpha value is -1.38. The first-order chi connectivity index (χ1) is 7.54. The second-order valence-electron chi connectivity index (χ2n) is 4.08. The first-order valence-corrected chi connectivity index (χ1v) is 5.39. The van der Waals surface area contributed by atoms with Gasteiger partial charge in [0, 0.05) is 18.4 Å². The molecule has 0 aliphatic heterocycles. The molecule has 0 aliphatic rings. The van der Waals surface area contributed by atoms with Crippen molar-refractivity contribution < 1.29 is 13.9 Å². The zero-order valence-corrected chi connectivity index (χ0v) is 9.92. The molecule has 16 heavy (non-hydrogen) atoms. The second kappa shape index (κ2) is 5.64. The molecule has 0 fully saturated rings. The van der Waals surface area contributed by atoms with Gasteiger partial charge in [0.15, 0.2) is 0 Å². The summed E-state index contributed by atoms with van der Waals surface area (Å²) in [7, 11) is 1.50. The second-order valence-corrected chi connectivity index (χ2v) is 4.08. The van der Waals surface area contributed by atoms with E-state index >= 15 is 0 Å². The Morgan fingerprint density at radius 2 is 2.12 bits per heavy atom. The first-order valence-electron chi connectivity index (χ1n) is 5.39. The largest absolute Gasteiger partial charge is 0.497 e. The Balaban J connectivity index is 2.64. The molecule has 0 saturated heterocycles. The number of halogens is 1. The summed E-state index contributed by atoms with van der Waals surface area (Å²) < 4.78 is 18.4. The summed E-state index contributed by atoms with van der Waals surface area (Å²) in [6.45, 7) is 3.71. The normalized spacial score (nSPS) is 10.6. The van der Waals surface area contributed by atoms with Gasteiger partial charge in [0.2, 0.25) is 0 Å². The molecule has 0 aromatic heterocycles. The number of Topliss-reactive ketones (excluding diaryl/α,β-unsaturated/α-hetero) is 1. The summed E-state index contributed by atoms with van der Waals surface area (Å²) in [5, 5.41) is 0. The lowest BCUT2D eigenvalue weighted by atomic mass is 10.0. The SMILES string of the molecule is COc1ccc(CCC(=O)C(C)C)c(F)c1. The van der Waals surface area contributed by atoms with Crippen LogP contribution in [0.15, 0.2) is 18.2 Å². The Labute approximate surface area is 95.4 Å². The van der Waals surface area contributed by atoms with E-state index in [1.165, 1.54) is 13.2 Å². The molecule has 0 radical (unpaired) electrons. The zero-order chi connectivity index (χ0) is 12.1. The first kappa shape index (κ1) is 12.7. The molecular weight excluding hydrogens is 207 g/mol. The Bertz CT molecular complexity index is 372. The molecule has 0 saturated carbocycles. The number of rotatable bonds is 5. The van der Waals surface area contributed by atoms with Crippen molar-refractivity contribution in [1.29, 1.82) is 0 Å². The van der Waals surface area contributed by atoms with E-state index in [-0.39, 0.29) is 17.5 Å². The number of benzene rings is 1. The van der Waals surface area contributed by atoms with E-state index in [2.05, 4.69) is 0 Å². The van der Waals surface area contributed by atoms with E-state index in [4.69, 9.17) is 4.74 Å². The van der Waals surface area contributed by atoms with Crippen LogP contribution in [0.5, 0.6) is 5.75 Å². The van der Waals surface area contributed by atoms with Gasteiger partial charge in [-0.1, -0.05) is 19.9 Å². The quantitative estimate of drug-likeness (QED) is 0.768. The van der Waals surface area contributed by atoms with Crippen LogP contribution in [0.3, 0.4) is 0 Å². The van der Waals surface area contributed by atoms with Gasteiger partial charge in [-0.2, -0.15) is 0 Å². The van der Waals surface area contributed by atoms with Crippen molar-refractivity contribution in [3.8, 4) is 5.75 Å². The minimum absolute atomic E-state index is 0.0151. The monoisotopic (exact) mass is 224 g/mol. The molecule has 1 aromatic carbocycles. The molecular formula is C13H17FO2. The molecule has 88 valence electrons. The average molecular weight is 224 g/mol. The van der Waals surface area contributed by atoms with Crippen LogP contribution in [-0.2, 0) is 11.2 Å². The lowest BCUT2D eigenvalue weighted by Crippen LogP contribution is -2.08. The Morgan fingerprint density at radius 1 is 1.44 bits per heavy atom. The molecule has 0 spiro atoms. The fourth-order valence-electron chi connectivity index (χ4n) is 1.40. The van der Waals surface area contributed by atoms with Gasteiger partial charge in [-0.25, -0.2) is 4.39 Å². The van der Waals surface area contributed by atoms with Gasteiger partial charge in [-0.15, -0.1) is 0 Å². The van der Waals surface area contributed by atoms with Gasteiger partial charge in [0.05, 0.1) is 7.11 Å². The standard InChI is InChI=1S/C13H17FO2/c1-9(2)13(15)7-5-10-4-6-11(16-3)8-12(10)14/h4,6,8-9H,5,7H2,1-3H3. The molecule has 2 nitrogen and oxygen atoms in total. The van der Waals surface area contributed by atoms with E-state index in [9.17, 15) is 9.18 Å². The number of aryl methyl sites for hydroxylation is 1. The highest BCUT2D eigenvalue weighted by Gasteiger charge is 2.09. The average Bonchev–Trinajstić information content (AvgIpc) is 2.26. The summed E-state index contributed by atoms with van der Waals surface area (Å²) >= 11 is 0. The van der Waals surface area contributed by atoms with E-state index in [0.29, 0.717) is 24.2 Å². The number of carbonyl (C=O) groups is 1. The van der Waals surface area contributed by atoms with Crippen LogP contribution in [-0.4, -0.2) is 12.9 Å². The molecule has 3 heteroatoms. The number of methoxy groups -OCH3 is 1. The van der Waals surface area contributed by atoms with Gasteiger partial charge < -0.3 is 4.74 Å². The highest BCUT2D eigenvalue weighted by molar-refractivity contribution is 5.80. The number of ketones is 1. The Morgan fingerprint density at radius 3 is 2.62 bits per heavy atom. The van der Waals surface area contributed by atoms with Crippen molar-refractivity contribution in [3.05, 3.63) is 29.6 Å². The van der Waals surface area contributed by atoms with Crippen molar-refractivity contribution >= 4 is 5.78 Å². The topological polar surface area (TPSA) is 26.3 Å². The third-order valence-corrected chi connectivity index (χ3v) is 2.54. The van der Waals surface area contributed by atoms with Gasteiger partial charge in [0.1, 0.15) is 17.3 Å². The van der Waals surface area contributed by atoms with Crippen LogP contribution in [0.4, 0.5) is 4.39 Å². The number of ether oxygens (including phenoxy) is 1. The molecule has 0 atom stereocenters. The zero-order valence-electron chi connectivity index (χ0n) is 9.92. The predicted molar refractivity (Wildman–Crippen MR) is 61.1 cm³/mol. The maximum Gasteiger partial charge on any atom is 0.135 e. The van der Waals surface area contributed by atoms with Crippen LogP contribution in [0.25, 0.3) is 0 Å². The number of hydrogen-bond donors (Lipinski definition) is 0. The summed E-state index contributed by atoms with van der Waals surface area (Å²) in [4.78, 5) is 11.4. The minimum atomic E-state index is -0.309. The summed E-state index contributed by atoms with van der Waals surface area (Å²) in [6.07, 6.45) is 0.841. The molecule has 0 amide bonds. The van der Waals surface area contributed by atoms with Gasteiger partial charge in [0.25, 0.3) is 0 Å². The van der Waals surface area contributed by atoms with E-state index in [0.717, 1.165) is 0 Å². The number of carbonyl (C=O) groups excluding carboxylic acids is 1. The third-order valence-electron chi connectivity index (χ3n) is 2.54. The van der Waals surface area contributed by atoms with Gasteiger partial charge >= 0.3 is 0 Å². The third kappa shape index (κ3) is 3.33. The maximum atomic E-state index is 13.5. The van der Waals surface area contributed by atoms with E-state index < -0.39 is 0 Å². The highest BCUT2D eigenvalue weighted by atomic mass is 19.1. The lowest BCUT2D eigenvalue weighted by molar-refractivity contribution is -0.121. The van der Waals surface area contributed by atoms with Crippen LogP contribution in [0.1, 0.15) is 25.8 Å². The summed E-state index contributed by atoms with van der Waals surface area (Å²) in [6, 6.07) is 4.72. The fraction of sp³-hybridized carbons (Fsp3) is 0.462. The predicted octanol–water partition coefficient (Wildman–Crippen LogP) is 2.99. The van der Waals surface area contributed by atoms with Crippen LogP contribution >= 0.6 is 0 Å². The molecule has 0 bridgehead atoms. The van der Waals surface area contributed by atoms with Crippen LogP contribution in [0.2, 0.25) is 0 Å². The Kier molecular flexibility index (Phi) is 4.47. The van der Waals surface area contributed by atoms with Crippen molar-refractivity contribution in [1.82, 2.24) is 0 Å². The van der Waals surface area contributed by atoms with Gasteiger partial charge in [-0.3, -0.25) is 4.79 Å². The van der Waals surface area contributed by atoms with E-state index in [1.807, 2.05) is 13.8 Å².